The van der Waals surface area contributed by atoms with Gasteiger partial charge in [0.25, 0.3) is 0 Å². The zero-order valence-electron chi connectivity index (χ0n) is 32.9. The highest BCUT2D eigenvalue weighted by atomic mass is 32.1. The molecule has 0 amide bonds. The van der Waals surface area contributed by atoms with Gasteiger partial charge in [-0.25, -0.2) is 0 Å². The van der Waals surface area contributed by atoms with Crippen molar-refractivity contribution in [2.45, 2.75) is 63.2 Å². The minimum Gasteiger partial charge on any atom is -0.135 e. The zero-order chi connectivity index (χ0) is 38.3. The number of rotatable bonds is 8. The fourth-order valence-electron chi connectivity index (χ4n) is 10.7. The van der Waals surface area contributed by atoms with Gasteiger partial charge in [0, 0.05) is 31.5 Å². The Bertz CT molecular complexity index is 2950. The lowest BCUT2D eigenvalue weighted by Gasteiger charge is -2.28. The van der Waals surface area contributed by atoms with Crippen LogP contribution < -0.4 is 0 Å². The van der Waals surface area contributed by atoms with Crippen LogP contribution in [0.2, 0.25) is 0 Å². The maximum atomic E-state index is 2.59. The van der Waals surface area contributed by atoms with Crippen molar-refractivity contribution in [3.05, 3.63) is 214 Å². The molecule has 0 saturated heterocycles. The number of thiophene rings is 1. The fourth-order valence-corrected chi connectivity index (χ4v) is 11.8. The summed E-state index contributed by atoms with van der Waals surface area (Å²) >= 11 is 1.92. The maximum absolute atomic E-state index is 2.59. The second kappa shape index (κ2) is 13.4. The topological polar surface area (TPSA) is 0 Å². The van der Waals surface area contributed by atoms with Crippen LogP contribution in [0.3, 0.4) is 0 Å². The number of benzene rings is 8. The molecule has 1 heteroatoms. The molecule has 276 valence electrons. The Balaban J connectivity index is 0.968. The van der Waals surface area contributed by atoms with E-state index < -0.39 is 0 Å². The van der Waals surface area contributed by atoms with Gasteiger partial charge < -0.3 is 0 Å². The van der Waals surface area contributed by atoms with Crippen molar-refractivity contribution >= 4 is 42.3 Å². The van der Waals surface area contributed by atoms with Crippen LogP contribution in [0.25, 0.3) is 53.2 Å². The quantitative estimate of drug-likeness (QED) is 0.145. The number of hydrogen-bond donors (Lipinski definition) is 0. The standard InChI is InChI=1S/C56H46S/c1-35(50(31-36-15-5-4-6-16-36)39-27-29-47-46-22-13-14-24-53(46)57-54(47)34-39)37-25-30-49-51(32-37)56(2,3)52-33-38(40-17-7-12-23-48(40)55(49)52)26-28-45-43-20-10-8-18-41(43)42-19-9-11-21-44(42)45/h4-25,27,29-30,32-35,45,50H,26,28,31H2,1-3H3/t35-,50?/m0/s1. The molecule has 1 aromatic heterocycles. The van der Waals surface area contributed by atoms with E-state index in [1.165, 1.54) is 97.7 Å². The molecule has 0 radical (unpaired) electrons. The Hall–Kier alpha value is -5.76. The molecule has 0 saturated carbocycles. The van der Waals surface area contributed by atoms with Gasteiger partial charge in [-0.2, -0.15) is 0 Å². The van der Waals surface area contributed by atoms with Gasteiger partial charge in [-0.05, 0) is 121 Å². The Morgan fingerprint density at radius 2 is 1.16 bits per heavy atom. The third-order valence-electron chi connectivity index (χ3n) is 13.7. The Morgan fingerprint density at radius 1 is 0.526 bits per heavy atom. The minimum absolute atomic E-state index is 0.114. The van der Waals surface area contributed by atoms with Crippen molar-refractivity contribution in [2.75, 3.05) is 0 Å². The van der Waals surface area contributed by atoms with Crippen molar-refractivity contribution in [2.24, 2.45) is 0 Å². The van der Waals surface area contributed by atoms with Gasteiger partial charge in [-0.3, -0.25) is 0 Å². The van der Waals surface area contributed by atoms with Crippen LogP contribution in [-0.4, -0.2) is 0 Å². The molecule has 0 fully saturated rings. The average molecular weight is 751 g/mol. The molecule has 8 aromatic carbocycles. The van der Waals surface area contributed by atoms with Crippen molar-refractivity contribution in [3.8, 4) is 22.3 Å². The summed E-state index contributed by atoms with van der Waals surface area (Å²) in [5, 5.41) is 5.52. The van der Waals surface area contributed by atoms with Crippen LogP contribution in [0.4, 0.5) is 0 Å². The molecule has 2 atom stereocenters. The SMILES string of the molecule is C[C@@H](c1ccc2c(c1)C(C)(C)c1cc(CCC3c4ccccc4-c4ccccc43)c3ccccc3c1-2)C(Cc1ccccc1)c1ccc2c(c1)sc1ccccc12. The summed E-state index contributed by atoms with van der Waals surface area (Å²) in [4.78, 5) is 0. The van der Waals surface area contributed by atoms with Gasteiger partial charge in [0.15, 0.2) is 0 Å². The first kappa shape index (κ1) is 34.5. The van der Waals surface area contributed by atoms with Gasteiger partial charge >= 0.3 is 0 Å². The van der Waals surface area contributed by atoms with E-state index in [-0.39, 0.29) is 5.41 Å². The molecular formula is C56H46S. The number of aryl methyl sites for hydroxylation is 1. The summed E-state index contributed by atoms with van der Waals surface area (Å²) in [6, 6.07) is 64.6. The second-order valence-corrected chi connectivity index (χ2v) is 18.2. The lowest BCUT2D eigenvalue weighted by molar-refractivity contribution is 0.570. The Morgan fingerprint density at radius 3 is 1.93 bits per heavy atom. The van der Waals surface area contributed by atoms with Crippen LogP contribution in [0.15, 0.2) is 170 Å². The number of hydrogen-bond acceptors (Lipinski definition) is 1. The van der Waals surface area contributed by atoms with E-state index in [0.29, 0.717) is 17.8 Å². The van der Waals surface area contributed by atoms with Crippen molar-refractivity contribution in [1.82, 2.24) is 0 Å². The third-order valence-corrected chi connectivity index (χ3v) is 14.8. The molecule has 0 spiro atoms. The summed E-state index contributed by atoms with van der Waals surface area (Å²) in [5.41, 5.74) is 17.1. The van der Waals surface area contributed by atoms with Crippen LogP contribution in [0.1, 0.15) is 89.5 Å². The lowest BCUT2D eigenvalue weighted by atomic mass is 9.76. The Kier molecular flexibility index (Phi) is 8.12. The highest BCUT2D eigenvalue weighted by Crippen LogP contribution is 2.54. The third kappa shape index (κ3) is 5.54. The molecule has 0 N–H and O–H groups in total. The first-order valence-corrected chi connectivity index (χ1v) is 21.6. The normalized spacial score (nSPS) is 15.1. The first-order valence-electron chi connectivity index (χ1n) is 20.8. The second-order valence-electron chi connectivity index (χ2n) is 17.1. The van der Waals surface area contributed by atoms with E-state index in [0.717, 1.165) is 19.3 Å². The van der Waals surface area contributed by atoms with E-state index in [4.69, 9.17) is 0 Å². The zero-order valence-corrected chi connectivity index (χ0v) is 33.7. The Labute approximate surface area is 340 Å². The van der Waals surface area contributed by atoms with Crippen LogP contribution in [-0.2, 0) is 18.3 Å². The fraction of sp³-hybridized carbons (Fsp3) is 0.179. The molecule has 1 unspecified atom stereocenters. The maximum Gasteiger partial charge on any atom is 0.0358 e. The molecule has 2 aliphatic carbocycles. The van der Waals surface area contributed by atoms with E-state index >= 15 is 0 Å². The average Bonchev–Trinajstić information content (AvgIpc) is 3.86. The molecule has 0 aliphatic heterocycles. The van der Waals surface area contributed by atoms with Gasteiger partial charge in [0.05, 0.1) is 0 Å². The molecule has 2 aliphatic rings. The largest absolute Gasteiger partial charge is 0.135 e. The van der Waals surface area contributed by atoms with Gasteiger partial charge in [-0.15, -0.1) is 11.3 Å². The molecule has 0 bridgehead atoms. The summed E-state index contributed by atoms with van der Waals surface area (Å²) in [6.07, 6.45) is 3.14. The van der Waals surface area contributed by atoms with Crippen molar-refractivity contribution < 1.29 is 0 Å². The smallest absolute Gasteiger partial charge is 0.0358 e. The van der Waals surface area contributed by atoms with E-state index in [1.807, 2.05) is 11.3 Å². The summed E-state index contributed by atoms with van der Waals surface area (Å²) < 4.78 is 2.75. The predicted octanol–water partition coefficient (Wildman–Crippen LogP) is 15.4. The highest BCUT2D eigenvalue weighted by Gasteiger charge is 2.38. The van der Waals surface area contributed by atoms with E-state index in [2.05, 4.69) is 191 Å². The van der Waals surface area contributed by atoms with E-state index in [1.54, 1.807) is 0 Å². The van der Waals surface area contributed by atoms with Crippen LogP contribution in [0, 0.1) is 0 Å². The van der Waals surface area contributed by atoms with Gasteiger partial charge in [0.1, 0.15) is 0 Å². The predicted molar refractivity (Wildman–Crippen MR) is 244 cm³/mol. The highest BCUT2D eigenvalue weighted by molar-refractivity contribution is 7.25. The van der Waals surface area contributed by atoms with Gasteiger partial charge in [-0.1, -0.05) is 178 Å². The first-order chi connectivity index (χ1) is 27.9. The summed E-state index contributed by atoms with van der Waals surface area (Å²) in [7, 11) is 0. The molecule has 57 heavy (non-hydrogen) atoms. The molecule has 0 nitrogen and oxygen atoms in total. The molecule has 11 rings (SSSR count). The lowest BCUT2D eigenvalue weighted by Crippen LogP contribution is -2.17. The molecule has 9 aromatic rings. The molecular weight excluding hydrogens is 705 g/mol. The minimum atomic E-state index is -0.114. The monoisotopic (exact) mass is 750 g/mol. The van der Waals surface area contributed by atoms with Crippen LogP contribution in [0.5, 0.6) is 0 Å². The summed E-state index contributed by atoms with van der Waals surface area (Å²) in [5.74, 6) is 1.08. The molecule has 1 heterocycles. The summed E-state index contributed by atoms with van der Waals surface area (Å²) in [6.45, 7) is 7.39. The van der Waals surface area contributed by atoms with Crippen molar-refractivity contribution in [3.63, 3.8) is 0 Å². The van der Waals surface area contributed by atoms with Crippen LogP contribution >= 0.6 is 11.3 Å². The van der Waals surface area contributed by atoms with Gasteiger partial charge in [0.2, 0.25) is 0 Å². The van der Waals surface area contributed by atoms with E-state index in [9.17, 15) is 0 Å². The number of fused-ring (bicyclic) bond motifs is 11. The van der Waals surface area contributed by atoms with Crippen molar-refractivity contribution in [1.29, 1.82) is 0 Å².